The lowest BCUT2D eigenvalue weighted by Gasteiger charge is -2.23. The minimum atomic E-state index is 0.191. The summed E-state index contributed by atoms with van der Waals surface area (Å²) in [5.41, 5.74) is 2.36. The van der Waals surface area contributed by atoms with Gasteiger partial charge in [0.15, 0.2) is 11.5 Å². The summed E-state index contributed by atoms with van der Waals surface area (Å²) in [6.07, 6.45) is 7.33. The van der Waals surface area contributed by atoms with Gasteiger partial charge in [-0.2, -0.15) is 0 Å². The normalized spacial score (nSPS) is 14.5. The summed E-state index contributed by atoms with van der Waals surface area (Å²) in [5.74, 6) is 2.45. The molecule has 27 heavy (non-hydrogen) atoms. The van der Waals surface area contributed by atoms with Crippen LogP contribution in [0, 0.1) is 5.92 Å². The van der Waals surface area contributed by atoms with Crippen LogP contribution in [0.3, 0.4) is 0 Å². The van der Waals surface area contributed by atoms with Crippen molar-refractivity contribution in [2.24, 2.45) is 5.92 Å². The van der Waals surface area contributed by atoms with Gasteiger partial charge in [0.1, 0.15) is 0 Å². The highest BCUT2D eigenvalue weighted by atomic mass is 16.5. The Morgan fingerprint density at radius 3 is 2.48 bits per heavy atom. The number of methoxy groups -OCH3 is 2. The number of aromatic nitrogens is 1. The molecule has 144 valence electrons. The topological polar surface area (TPSA) is 51.7 Å². The minimum Gasteiger partial charge on any atom is -0.493 e. The monoisotopic (exact) mass is 368 g/mol. The van der Waals surface area contributed by atoms with E-state index in [9.17, 15) is 4.79 Å². The Morgan fingerprint density at radius 1 is 1.15 bits per heavy atom. The van der Waals surface area contributed by atoms with Crippen LogP contribution < -0.4 is 9.47 Å². The van der Waals surface area contributed by atoms with Crippen LogP contribution in [0.4, 0.5) is 0 Å². The highest BCUT2D eigenvalue weighted by Gasteiger charge is 2.34. The van der Waals surface area contributed by atoms with E-state index >= 15 is 0 Å². The average molecular weight is 368 g/mol. The number of likely N-dealkylation sites (N-methyl/N-ethyl adjacent to an activating group) is 1. The van der Waals surface area contributed by atoms with E-state index in [0.717, 1.165) is 23.5 Å². The number of rotatable bonds is 9. The van der Waals surface area contributed by atoms with Gasteiger partial charge in [-0.25, -0.2) is 0 Å². The number of hydrogen-bond acceptors (Lipinski definition) is 4. The first kappa shape index (κ1) is 19.2. The molecule has 0 spiro atoms. The number of pyridine rings is 1. The van der Waals surface area contributed by atoms with Gasteiger partial charge >= 0.3 is 0 Å². The molecule has 1 saturated carbocycles. The molecule has 0 saturated heterocycles. The summed E-state index contributed by atoms with van der Waals surface area (Å²) in [7, 11) is 5.17. The van der Waals surface area contributed by atoms with Crippen LogP contribution in [-0.4, -0.2) is 43.6 Å². The lowest BCUT2D eigenvalue weighted by atomic mass is 9.90. The maximum absolute atomic E-state index is 12.8. The quantitative estimate of drug-likeness (QED) is 0.677. The zero-order valence-corrected chi connectivity index (χ0v) is 16.4. The molecule has 0 radical (unpaired) electrons. The summed E-state index contributed by atoms with van der Waals surface area (Å²) in [4.78, 5) is 18.7. The van der Waals surface area contributed by atoms with Gasteiger partial charge in [0.2, 0.25) is 5.91 Å². The molecule has 1 unspecified atom stereocenters. The average Bonchev–Trinajstić information content (AvgIpc) is 3.55. The van der Waals surface area contributed by atoms with E-state index in [-0.39, 0.29) is 11.8 Å². The third-order valence-electron chi connectivity index (χ3n) is 5.33. The number of ether oxygens (including phenoxy) is 2. The van der Waals surface area contributed by atoms with Gasteiger partial charge in [0, 0.05) is 32.4 Å². The van der Waals surface area contributed by atoms with E-state index in [4.69, 9.17) is 9.47 Å². The van der Waals surface area contributed by atoms with Crippen LogP contribution in [0.2, 0.25) is 0 Å². The van der Waals surface area contributed by atoms with Crippen LogP contribution in [0.1, 0.15) is 36.3 Å². The predicted octanol–water partition coefficient (Wildman–Crippen LogP) is 3.68. The van der Waals surface area contributed by atoms with Crippen molar-refractivity contribution in [3.8, 4) is 11.5 Å². The molecule has 1 aromatic carbocycles. The number of carbonyl (C=O) groups excluding carboxylic acids is 1. The van der Waals surface area contributed by atoms with Crippen molar-refractivity contribution in [1.82, 2.24) is 9.88 Å². The van der Waals surface area contributed by atoms with E-state index in [1.54, 1.807) is 26.6 Å². The summed E-state index contributed by atoms with van der Waals surface area (Å²) in [6.45, 7) is 0.714. The van der Waals surface area contributed by atoms with E-state index in [1.165, 1.54) is 18.4 Å². The van der Waals surface area contributed by atoms with Gasteiger partial charge in [-0.3, -0.25) is 9.78 Å². The fourth-order valence-corrected chi connectivity index (χ4v) is 3.45. The maximum Gasteiger partial charge on any atom is 0.222 e. The second-order valence-corrected chi connectivity index (χ2v) is 7.18. The number of benzene rings is 1. The highest BCUT2D eigenvalue weighted by molar-refractivity contribution is 5.77. The molecule has 3 rings (SSSR count). The first-order valence-electron chi connectivity index (χ1n) is 9.47. The number of amides is 1. The van der Waals surface area contributed by atoms with Crippen LogP contribution in [0.15, 0.2) is 42.7 Å². The Balaban J connectivity index is 1.64. The number of nitrogens with zero attached hydrogens (tertiary/aromatic N) is 2. The second-order valence-electron chi connectivity index (χ2n) is 7.18. The summed E-state index contributed by atoms with van der Waals surface area (Å²) < 4.78 is 10.8. The Labute approximate surface area is 161 Å². The van der Waals surface area contributed by atoms with Crippen LogP contribution in [0.25, 0.3) is 0 Å². The summed E-state index contributed by atoms with van der Waals surface area (Å²) in [6, 6.07) is 10.0. The van der Waals surface area contributed by atoms with E-state index in [1.807, 2.05) is 36.2 Å². The van der Waals surface area contributed by atoms with Crippen molar-refractivity contribution < 1.29 is 14.3 Å². The zero-order chi connectivity index (χ0) is 19.2. The molecular formula is C22H28N2O3. The molecule has 5 heteroatoms. The van der Waals surface area contributed by atoms with Crippen LogP contribution >= 0.6 is 0 Å². The van der Waals surface area contributed by atoms with Crippen LogP contribution in [0.5, 0.6) is 11.5 Å². The molecular weight excluding hydrogens is 340 g/mol. The standard InChI is InChI=1S/C22H28N2O3/c1-24(13-10-16-8-11-23-12-9-16)22(25)15-19(17-4-5-17)18-6-7-20(26-2)21(14-18)27-3/h6-9,11-12,14,17,19H,4-5,10,13,15H2,1-3H3. The molecule has 1 atom stereocenters. The van der Waals surface area contributed by atoms with Gasteiger partial charge in [-0.1, -0.05) is 6.07 Å². The molecule has 1 aromatic heterocycles. The van der Waals surface area contributed by atoms with Gasteiger partial charge < -0.3 is 14.4 Å². The van der Waals surface area contributed by atoms with Crippen molar-refractivity contribution in [2.75, 3.05) is 27.8 Å². The molecule has 5 nitrogen and oxygen atoms in total. The van der Waals surface area contributed by atoms with Crippen molar-refractivity contribution in [3.05, 3.63) is 53.9 Å². The molecule has 1 amide bonds. The highest BCUT2D eigenvalue weighted by Crippen LogP contribution is 2.46. The Bertz CT molecular complexity index is 759. The molecule has 2 aromatic rings. The number of hydrogen-bond donors (Lipinski definition) is 0. The van der Waals surface area contributed by atoms with Gasteiger partial charge in [-0.05, 0) is 66.5 Å². The Morgan fingerprint density at radius 2 is 1.85 bits per heavy atom. The van der Waals surface area contributed by atoms with Crippen molar-refractivity contribution in [3.63, 3.8) is 0 Å². The van der Waals surface area contributed by atoms with Crippen molar-refractivity contribution in [1.29, 1.82) is 0 Å². The summed E-state index contributed by atoms with van der Waals surface area (Å²) in [5, 5.41) is 0. The minimum absolute atomic E-state index is 0.191. The van der Waals surface area contributed by atoms with E-state index in [0.29, 0.717) is 18.9 Å². The Hall–Kier alpha value is -2.56. The van der Waals surface area contributed by atoms with Gasteiger partial charge in [0.25, 0.3) is 0 Å². The maximum atomic E-state index is 12.8. The molecule has 1 aliphatic rings. The van der Waals surface area contributed by atoms with Gasteiger partial charge in [-0.15, -0.1) is 0 Å². The fraction of sp³-hybridized carbons (Fsp3) is 0.455. The Kier molecular flexibility index (Phi) is 6.32. The first-order valence-corrected chi connectivity index (χ1v) is 9.47. The molecule has 0 bridgehead atoms. The number of carbonyl (C=O) groups is 1. The molecule has 1 fully saturated rings. The molecule has 0 N–H and O–H groups in total. The largest absolute Gasteiger partial charge is 0.493 e. The smallest absolute Gasteiger partial charge is 0.222 e. The van der Waals surface area contributed by atoms with Gasteiger partial charge in [0.05, 0.1) is 14.2 Å². The van der Waals surface area contributed by atoms with Crippen molar-refractivity contribution >= 4 is 5.91 Å². The first-order chi connectivity index (χ1) is 13.1. The third-order valence-corrected chi connectivity index (χ3v) is 5.33. The van der Waals surface area contributed by atoms with E-state index in [2.05, 4.69) is 11.1 Å². The SMILES string of the molecule is COc1ccc(C(CC(=O)N(C)CCc2ccncc2)C2CC2)cc1OC. The lowest BCUT2D eigenvalue weighted by Crippen LogP contribution is -2.30. The summed E-state index contributed by atoms with van der Waals surface area (Å²) >= 11 is 0. The van der Waals surface area contributed by atoms with E-state index < -0.39 is 0 Å². The second kappa shape index (κ2) is 8.89. The predicted molar refractivity (Wildman–Crippen MR) is 105 cm³/mol. The fourth-order valence-electron chi connectivity index (χ4n) is 3.45. The zero-order valence-electron chi connectivity index (χ0n) is 16.4. The molecule has 0 aliphatic heterocycles. The third kappa shape index (κ3) is 5.00. The molecule has 1 heterocycles. The van der Waals surface area contributed by atoms with Crippen molar-refractivity contribution in [2.45, 2.75) is 31.6 Å². The lowest BCUT2D eigenvalue weighted by molar-refractivity contribution is -0.130. The molecule has 1 aliphatic carbocycles. The van der Waals surface area contributed by atoms with Crippen LogP contribution in [-0.2, 0) is 11.2 Å².